The smallest absolute Gasteiger partial charge is 0.229 e. The van der Waals surface area contributed by atoms with Gasteiger partial charge in [0, 0.05) is 69.4 Å². The number of sulfone groups is 1. The molecule has 248 valence electrons. The van der Waals surface area contributed by atoms with E-state index in [1.54, 1.807) is 52.1 Å². The maximum atomic E-state index is 13.1. The van der Waals surface area contributed by atoms with Crippen molar-refractivity contribution in [2.75, 3.05) is 61.9 Å². The van der Waals surface area contributed by atoms with Gasteiger partial charge in [-0.3, -0.25) is 9.69 Å². The van der Waals surface area contributed by atoms with E-state index in [4.69, 9.17) is 14.7 Å². The Kier molecular flexibility index (Phi) is 9.51. The van der Waals surface area contributed by atoms with E-state index in [1.165, 1.54) is 0 Å². The maximum Gasteiger partial charge on any atom is 0.229 e. The van der Waals surface area contributed by atoms with Gasteiger partial charge in [0.25, 0.3) is 0 Å². The summed E-state index contributed by atoms with van der Waals surface area (Å²) >= 11 is 0. The lowest BCUT2D eigenvalue weighted by Crippen LogP contribution is -2.54. The van der Waals surface area contributed by atoms with Gasteiger partial charge in [0.1, 0.15) is 11.6 Å². The van der Waals surface area contributed by atoms with Crippen molar-refractivity contribution in [2.24, 2.45) is 0 Å². The average Bonchev–Trinajstić information content (AvgIpc) is 3.08. The number of amides is 1. The third kappa shape index (κ3) is 6.98. The minimum Gasteiger partial charge on any atom is -0.494 e. The van der Waals surface area contributed by atoms with E-state index >= 15 is 0 Å². The second-order valence-electron chi connectivity index (χ2n) is 12.4. The van der Waals surface area contributed by atoms with Crippen LogP contribution in [0.5, 0.6) is 5.75 Å². The van der Waals surface area contributed by atoms with Gasteiger partial charge in [-0.1, -0.05) is 24.3 Å². The zero-order valence-electron chi connectivity index (χ0n) is 27.4. The van der Waals surface area contributed by atoms with Crippen molar-refractivity contribution in [1.29, 1.82) is 0 Å². The van der Waals surface area contributed by atoms with Crippen molar-refractivity contribution in [3.63, 3.8) is 0 Å². The molecule has 6 rings (SSSR count). The first kappa shape index (κ1) is 32.5. The predicted octanol–water partition coefficient (Wildman–Crippen LogP) is 5.44. The molecule has 2 N–H and O–H groups in total. The highest BCUT2D eigenvalue weighted by Crippen LogP contribution is 2.35. The van der Waals surface area contributed by atoms with Gasteiger partial charge in [0.2, 0.25) is 11.9 Å². The first-order chi connectivity index (χ1) is 22.6. The molecule has 0 spiro atoms. The van der Waals surface area contributed by atoms with Gasteiger partial charge in [-0.2, -0.15) is 4.98 Å². The quantitative estimate of drug-likeness (QED) is 0.241. The van der Waals surface area contributed by atoms with E-state index in [9.17, 15) is 13.2 Å². The molecule has 0 unspecified atom stereocenters. The number of aromatic nitrogens is 2. The fourth-order valence-corrected chi connectivity index (χ4v) is 7.62. The Hall–Kier alpha value is -4.42. The van der Waals surface area contributed by atoms with Gasteiger partial charge in [-0.25, -0.2) is 13.4 Å². The molecule has 0 aliphatic carbocycles. The Morgan fingerprint density at radius 3 is 2.28 bits per heavy atom. The summed E-state index contributed by atoms with van der Waals surface area (Å²) in [5, 5.41) is 6.82. The van der Waals surface area contributed by atoms with E-state index in [1.807, 2.05) is 41.3 Å². The maximum absolute atomic E-state index is 13.1. The zero-order chi connectivity index (χ0) is 33.1. The molecular formula is C35H43N7O4S. The lowest BCUT2D eigenvalue weighted by molar-refractivity contribution is -0.130. The Morgan fingerprint density at radius 1 is 0.872 bits per heavy atom. The molecule has 1 amide bonds. The van der Waals surface area contributed by atoms with Gasteiger partial charge in [-0.15, -0.1) is 0 Å². The molecular weight excluding hydrogens is 614 g/mol. The molecule has 2 saturated heterocycles. The standard InChI is InChI=1S/C35H43N7O4S/c1-24(2)47(44,45)33-12-8-7-11-31(33)36-34-28-9-5-6-10-29(28)37-35(39-34)38-30-14-13-27(23-32(30)46-4)41-17-15-26(16-18-41)42-21-19-40(20-22-42)25(3)43/h5-14,23-24,26H,15-22H2,1-4H3,(H2,36,37,38,39). The van der Waals surface area contributed by atoms with Gasteiger partial charge >= 0.3 is 0 Å². The predicted molar refractivity (Wildman–Crippen MR) is 187 cm³/mol. The summed E-state index contributed by atoms with van der Waals surface area (Å²) in [6, 6.07) is 21.2. The first-order valence-corrected chi connectivity index (χ1v) is 17.7. The molecule has 12 heteroatoms. The highest BCUT2D eigenvalue weighted by molar-refractivity contribution is 7.92. The molecule has 0 bridgehead atoms. The van der Waals surface area contributed by atoms with Crippen LogP contribution in [0.3, 0.4) is 0 Å². The van der Waals surface area contributed by atoms with Gasteiger partial charge in [-0.05, 0) is 63.1 Å². The Morgan fingerprint density at radius 2 is 1.57 bits per heavy atom. The monoisotopic (exact) mass is 657 g/mol. The number of hydrogen-bond acceptors (Lipinski definition) is 10. The number of anilines is 5. The molecule has 47 heavy (non-hydrogen) atoms. The molecule has 3 aromatic carbocycles. The van der Waals surface area contributed by atoms with Crippen LogP contribution in [0.1, 0.15) is 33.6 Å². The second kappa shape index (κ2) is 13.7. The van der Waals surface area contributed by atoms with Crippen LogP contribution < -0.4 is 20.3 Å². The SMILES string of the molecule is COc1cc(N2CCC(N3CCN(C(C)=O)CC3)CC2)ccc1Nc1nc(Nc2ccccc2S(=O)(=O)C(C)C)c2ccccc2n1. The van der Waals surface area contributed by atoms with Crippen molar-refractivity contribution in [3.8, 4) is 5.75 Å². The Labute approximate surface area is 276 Å². The largest absolute Gasteiger partial charge is 0.494 e. The number of carbonyl (C=O) groups excluding carboxylic acids is 1. The van der Waals surface area contributed by atoms with E-state index < -0.39 is 15.1 Å². The molecule has 2 aliphatic heterocycles. The number of piperidine rings is 1. The van der Waals surface area contributed by atoms with E-state index in [-0.39, 0.29) is 10.8 Å². The first-order valence-electron chi connectivity index (χ1n) is 16.2. The molecule has 0 radical (unpaired) electrons. The number of hydrogen-bond donors (Lipinski definition) is 2. The number of nitrogens with one attached hydrogen (secondary N) is 2. The normalized spacial score (nSPS) is 16.4. The average molecular weight is 658 g/mol. The summed E-state index contributed by atoms with van der Waals surface area (Å²) in [4.78, 5) is 28.4. The van der Waals surface area contributed by atoms with Crippen LogP contribution in [-0.2, 0) is 14.6 Å². The van der Waals surface area contributed by atoms with Crippen LogP contribution in [0.2, 0.25) is 0 Å². The zero-order valence-corrected chi connectivity index (χ0v) is 28.3. The van der Waals surface area contributed by atoms with Gasteiger partial charge in [0.05, 0.1) is 34.1 Å². The van der Waals surface area contributed by atoms with Crippen LogP contribution in [0.15, 0.2) is 71.6 Å². The van der Waals surface area contributed by atoms with Crippen molar-refractivity contribution < 1.29 is 17.9 Å². The minimum absolute atomic E-state index is 0.163. The third-order valence-corrected chi connectivity index (χ3v) is 11.4. The van der Waals surface area contributed by atoms with Crippen molar-refractivity contribution in [3.05, 3.63) is 66.7 Å². The second-order valence-corrected chi connectivity index (χ2v) is 14.9. The number of fused-ring (bicyclic) bond motifs is 1. The lowest BCUT2D eigenvalue weighted by atomic mass is 10.0. The lowest BCUT2D eigenvalue weighted by Gasteiger charge is -2.43. The summed E-state index contributed by atoms with van der Waals surface area (Å²) in [6.07, 6.45) is 2.15. The Balaban J connectivity index is 1.19. The highest BCUT2D eigenvalue weighted by Gasteiger charge is 2.29. The summed E-state index contributed by atoms with van der Waals surface area (Å²) < 4.78 is 32.1. The highest BCUT2D eigenvalue weighted by atomic mass is 32.2. The molecule has 2 fully saturated rings. The summed E-state index contributed by atoms with van der Waals surface area (Å²) in [5.41, 5.74) is 2.98. The fraction of sp³-hybridized carbons (Fsp3) is 0.400. The molecule has 3 heterocycles. The number of benzene rings is 3. The number of methoxy groups -OCH3 is 1. The number of rotatable bonds is 9. The Bertz CT molecular complexity index is 1850. The number of ether oxygens (including phenoxy) is 1. The molecule has 0 saturated carbocycles. The minimum atomic E-state index is -3.53. The number of piperazine rings is 1. The molecule has 11 nitrogen and oxygen atoms in total. The molecule has 0 atom stereocenters. The van der Waals surface area contributed by atoms with E-state index in [0.29, 0.717) is 34.8 Å². The third-order valence-electron chi connectivity index (χ3n) is 9.21. The summed E-state index contributed by atoms with van der Waals surface area (Å²) in [5.74, 6) is 1.68. The molecule has 1 aromatic heterocycles. The summed E-state index contributed by atoms with van der Waals surface area (Å²) in [7, 11) is -1.88. The number of carbonyl (C=O) groups is 1. The van der Waals surface area contributed by atoms with Crippen LogP contribution in [0, 0.1) is 0 Å². The van der Waals surface area contributed by atoms with Crippen molar-refractivity contribution in [1.82, 2.24) is 19.8 Å². The number of nitrogens with zero attached hydrogens (tertiary/aromatic N) is 5. The van der Waals surface area contributed by atoms with Crippen LogP contribution in [-0.4, -0.2) is 91.8 Å². The van der Waals surface area contributed by atoms with Crippen molar-refractivity contribution >= 4 is 55.5 Å². The van der Waals surface area contributed by atoms with Gasteiger partial charge in [0.15, 0.2) is 9.84 Å². The van der Waals surface area contributed by atoms with Gasteiger partial charge < -0.3 is 25.2 Å². The topological polar surface area (TPSA) is 120 Å². The van der Waals surface area contributed by atoms with E-state index in [0.717, 1.165) is 68.9 Å². The fourth-order valence-electron chi connectivity index (χ4n) is 6.42. The number of para-hydroxylation sites is 2. The molecule has 4 aromatic rings. The van der Waals surface area contributed by atoms with Crippen LogP contribution in [0.4, 0.5) is 28.8 Å². The van der Waals surface area contributed by atoms with Crippen LogP contribution in [0.25, 0.3) is 10.9 Å². The summed E-state index contributed by atoms with van der Waals surface area (Å²) in [6.45, 7) is 10.4. The van der Waals surface area contributed by atoms with Crippen LogP contribution >= 0.6 is 0 Å². The van der Waals surface area contributed by atoms with E-state index in [2.05, 4.69) is 26.5 Å². The van der Waals surface area contributed by atoms with Crippen molar-refractivity contribution in [2.45, 2.75) is 49.8 Å². The molecule has 2 aliphatic rings.